The number of hydrogen-bond donors (Lipinski definition) is 3. The lowest BCUT2D eigenvalue weighted by Crippen LogP contribution is -2.63. The molecule has 3 N–H and O–H groups in total. The highest BCUT2D eigenvalue weighted by Gasteiger charge is 2.62. The standard InChI is InChI=1S/C42H54N6O10S/c1-4-27-21-42(27,40(51)46-59(53,54)30-14-15-30)45-38(49)33-18-28-24-48(33)39(50)37(25-11-7-6-8-12-25)44-41(52)47-22-29(23-47)57-16-10-9-13-26-17-31-32(19-34(26)55-3)43-36(56-5-2)20-35(31)58-28/h4,9,13,17,19-20,25,27-30,33,37H,1,5-8,10-12,14-16,18,21-24H2,2-3H3,(H,44,52)(H,45,49)(H,46,51)/b13-9+/t27-,28-,33+,37+,42-/m1/s1. The van der Waals surface area contributed by atoms with Gasteiger partial charge in [-0.2, -0.15) is 0 Å². The Morgan fingerprint density at radius 3 is 2.56 bits per heavy atom. The number of rotatable bonds is 10. The average Bonchev–Trinajstić information content (AvgIpc) is 4.14. The molecule has 0 radical (unpaired) electrons. The van der Waals surface area contributed by atoms with Gasteiger partial charge in [0, 0.05) is 35.4 Å². The van der Waals surface area contributed by atoms with Crippen LogP contribution in [0, 0.1) is 11.8 Å². The van der Waals surface area contributed by atoms with Crippen LogP contribution in [0.1, 0.15) is 76.7 Å². The van der Waals surface area contributed by atoms with E-state index in [1.807, 2.05) is 31.2 Å². The molecule has 5 amide bonds. The Bertz CT molecular complexity index is 2130. The fraction of sp³-hybridized carbons (Fsp3) is 0.595. The molecule has 5 fully saturated rings. The Morgan fingerprint density at radius 2 is 1.86 bits per heavy atom. The van der Waals surface area contributed by atoms with Crippen LogP contribution in [0.5, 0.6) is 17.4 Å². The summed E-state index contributed by atoms with van der Waals surface area (Å²) in [4.78, 5) is 64.8. The molecule has 3 aliphatic carbocycles. The van der Waals surface area contributed by atoms with E-state index in [9.17, 15) is 22.8 Å². The minimum atomic E-state index is -3.91. The van der Waals surface area contributed by atoms with Gasteiger partial charge in [0.2, 0.25) is 27.7 Å². The van der Waals surface area contributed by atoms with Crippen LogP contribution < -0.4 is 29.6 Å². The molecule has 0 spiro atoms. The number of aromatic nitrogens is 1. The Hall–Kier alpha value is -4.90. The number of benzene rings is 1. The Morgan fingerprint density at radius 1 is 1.08 bits per heavy atom. The quantitative estimate of drug-likeness (QED) is 0.297. The van der Waals surface area contributed by atoms with Gasteiger partial charge in [-0.1, -0.05) is 37.5 Å². The second-order valence-corrected chi connectivity index (χ2v) is 18.5. The van der Waals surface area contributed by atoms with Crippen LogP contribution in [0.3, 0.4) is 0 Å². The summed E-state index contributed by atoms with van der Waals surface area (Å²) >= 11 is 0. The van der Waals surface area contributed by atoms with Crippen LogP contribution in [-0.2, 0) is 29.1 Å². The van der Waals surface area contributed by atoms with Crippen LogP contribution in [0.25, 0.3) is 17.0 Å². The van der Waals surface area contributed by atoms with Gasteiger partial charge >= 0.3 is 6.03 Å². The van der Waals surface area contributed by atoms with Gasteiger partial charge in [-0.3, -0.25) is 19.1 Å². The number of pyridine rings is 1. The number of amides is 5. The second kappa shape index (κ2) is 16.6. The summed E-state index contributed by atoms with van der Waals surface area (Å²) in [5.74, 6) is -1.22. The topological polar surface area (TPSA) is 195 Å². The van der Waals surface area contributed by atoms with E-state index in [1.165, 1.54) is 11.0 Å². The van der Waals surface area contributed by atoms with E-state index < -0.39 is 62.6 Å². The largest absolute Gasteiger partial charge is 0.496 e. The summed E-state index contributed by atoms with van der Waals surface area (Å²) in [6.45, 7) is 7.23. The van der Waals surface area contributed by atoms with Crippen LogP contribution in [0.4, 0.5) is 4.79 Å². The van der Waals surface area contributed by atoms with Gasteiger partial charge < -0.3 is 39.4 Å². The highest BCUT2D eigenvalue weighted by atomic mass is 32.2. The number of sulfonamides is 1. The molecule has 4 aliphatic heterocycles. The molecule has 9 rings (SSSR count). The SMILES string of the molecule is C=C[C@@H]1C[C@]1(NC(=O)[C@@H]1C[C@@H]2CN1C(=O)[C@H](C1CCCCC1)NC(=O)N1CC(C1)OCC/C=C/c1cc3c(cc(OCC)nc3cc1OC)O2)C(=O)NS(=O)(=O)C1CC1. The van der Waals surface area contributed by atoms with Crippen molar-refractivity contribution in [1.82, 2.24) is 30.1 Å². The maximum atomic E-state index is 15.0. The molecule has 16 nitrogen and oxygen atoms in total. The minimum Gasteiger partial charge on any atom is -0.496 e. The van der Waals surface area contributed by atoms with E-state index >= 15 is 4.79 Å². The van der Waals surface area contributed by atoms with Crippen LogP contribution in [-0.4, -0.2) is 122 Å². The first kappa shape index (κ1) is 40.9. The van der Waals surface area contributed by atoms with Gasteiger partial charge in [-0.05, 0) is 57.4 Å². The molecule has 3 saturated carbocycles. The number of nitrogens with zero attached hydrogens (tertiary/aromatic N) is 3. The molecule has 7 aliphatic rings. The molecule has 6 bridgehead atoms. The summed E-state index contributed by atoms with van der Waals surface area (Å²) in [5.41, 5.74) is -0.221. The zero-order valence-electron chi connectivity index (χ0n) is 33.7. The van der Waals surface area contributed by atoms with E-state index in [0.29, 0.717) is 73.8 Å². The van der Waals surface area contributed by atoms with E-state index in [0.717, 1.165) is 37.7 Å². The number of nitrogens with one attached hydrogen (secondary N) is 3. The summed E-state index contributed by atoms with van der Waals surface area (Å²) in [6.07, 6.45) is 10.7. The lowest BCUT2D eigenvalue weighted by atomic mass is 9.83. The number of fused-ring (bicyclic) bond motifs is 6. The number of hydrogen-bond acceptors (Lipinski definition) is 11. The fourth-order valence-electron chi connectivity index (χ4n) is 8.89. The molecule has 0 unspecified atom stereocenters. The number of methoxy groups -OCH3 is 1. The summed E-state index contributed by atoms with van der Waals surface area (Å²) in [5, 5.41) is 5.94. The number of carbonyl (C=O) groups is 4. The third kappa shape index (κ3) is 8.45. The lowest BCUT2D eigenvalue weighted by molar-refractivity contribution is -0.142. The maximum absolute atomic E-state index is 15.0. The molecule has 17 heteroatoms. The average molecular weight is 835 g/mol. The van der Waals surface area contributed by atoms with Crippen LogP contribution in [0.2, 0.25) is 0 Å². The normalized spacial score (nSPS) is 29.4. The number of ether oxygens (including phenoxy) is 4. The van der Waals surface area contributed by atoms with Crippen molar-refractivity contribution in [2.24, 2.45) is 11.8 Å². The van der Waals surface area contributed by atoms with Gasteiger partial charge in [0.15, 0.2) is 0 Å². The third-order valence-corrected chi connectivity index (χ3v) is 14.3. The van der Waals surface area contributed by atoms with Crippen molar-refractivity contribution in [3.63, 3.8) is 0 Å². The van der Waals surface area contributed by atoms with Crippen LogP contribution >= 0.6 is 0 Å². The molecule has 2 aromatic rings. The predicted molar refractivity (Wildman–Crippen MR) is 217 cm³/mol. The van der Waals surface area contributed by atoms with Crippen molar-refractivity contribution >= 4 is 50.8 Å². The summed E-state index contributed by atoms with van der Waals surface area (Å²) in [6, 6.07) is 3.01. The molecule has 5 heterocycles. The lowest BCUT2D eigenvalue weighted by Gasteiger charge is -2.41. The van der Waals surface area contributed by atoms with Crippen molar-refractivity contribution in [2.75, 3.05) is 40.0 Å². The molecular weight excluding hydrogens is 781 g/mol. The Labute approximate surface area is 344 Å². The number of urea groups is 1. The van der Waals surface area contributed by atoms with Crippen molar-refractivity contribution in [2.45, 2.75) is 106 Å². The molecular formula is C42H54N6O10S. The first-order valence-electron chi connectivity index (χ1n) is 20.9. The van der Waals surface area contributed by atoms with Gasteiger partial charge in [-0.25, -0.2) is 18.2 Å². The predicted octanol–water partition coefficient (Wildman–Crippen LogP) is 3.44. The molecule has 1 aromatic heterocycles. The molecule has 318 valence electrons. The van der Waals surface area contributed by atoms with E-state index in [4.69, 9.17) is 23.9 Å². The zero-order chi connectivity index (χ0) is 41.5. The van der Waals surface area contributed by atoms with Crippen molar-refractivity contribution < 1.29 is 46.5 Å². The minimum absolute atomic E-state index is 0.00746. The Kier molecular flexibility index (Phi) is 11.5. The van der Waals surface area contributed by atoms with Gasteiger partial charge in [0.05, 0.1) is 56.8 Å². The molecule has 1 aromatic carbocycles. The van der Waals surface area contributed by atoms with Crippen molar-refractivity contribution in [1.29, 1.82) is 0 Å². The molecule has 2 saturated heterocycles. The van der Waals surface area contributed by atoms with Crippen molar-refractivity contribution in [3.05, 3.63) is 42.5 Å². The zero-order valence-corrected chi connectivity index (χ0v) is 34.5. The van der Waals surface area contributed by atoms with E-state index in [-0.39, 0.29) is 37.4 Å². The van der Waals surface area contributed by atoms with E-state index in [2.05, 4.69) is 21.9 Å². The van der Waals surface area contributed by atoms with Gasteiger partial charge in [-0.15, -0.1) is 6.58 Å². The fourth-order valence-corrected chi connectivity index (χ4v) is 10.3. The smallest absolute Gasteiger partial charge is 0.318 e. The Balaban J connectivity index is 1.16. The summed E-state index contributed by atoms with van der Waals surface area (Å²) in [7, 11) is -2.33. The van der Waals surface area contributed by atoms with Gasteiger partial charge in [0.25, 0.3) is 5.91 Å². The highest BCUT2D eigenvalue weighted by molar-refractivity contribution is 7.91. The van der Waals surface area contributed by atoms with Crippen LogP contribution in [0.15, 0.2) is 36.9 Å². The van der Waals surface area contributed by atoms with Crippen molar-refractivity contribution in [3.8, 4) is 17.4 Å². The van der Waals surface area contributed by atoms with Gasteiger partial charge in [0.1, 0.15) is 35.2 Å². The molecule has 5 atom stereocenters. The third-order valence-electron chi connectivity index (χ3n) is 12.5. The summed E-state index contributed by atoms with van der Waals surface area (Å²) < 4.78 is 52.3. The maximum Gasteiger partial charge on any atom is 0.318 e. The number of carbonyl (C=O) groups excluding carboxylic acids is 4. The first-order chi connectivity index (χ1) is 28.4. The highest BCUT2D eigenvalue weighted by Crippen LogP contribution is 2.46. The molecule has 59 heavy (non-hydrogen) atoms. The first-order valence-corrected chi connectivity index (χ1v) is 22.4. The second-order valence-electron chi connectivity index (χ2n) is 16.6. The monoisotopic (exact) mass is 834 g/mol. The van der Waals surface area contributed by atoms with E-state index in [1.54, 1.807) is 18.1 Å².